The van der Waals surface area contributed by atoms with Crippen molar-refractivity contribution in [3.63, 3.8) is 0 Å². The summed E-state index contributed by atoms with van der Waals surface area (Å²) in [5.74, 6) is -0.931. The number of carboxylic acid groups (broad SMARTS) is 1. The van der Waals surface area contributed by atoms with Gasteiger partial charge < -0.3 is 15.7 Å². The highest BCUT2D eigenvalue weighted by Gasteiger charge is 2.22. The van der Waals surface area contributed by atoms with Crippen LogP contribution in [0.4, 0.5) is 0 Å². The molecule has 5 heteroatoms. The van der Waals surface area contributed by atoms with Crippen molar-refractivity contribution in [3.8, 4) is 0 Å². The summed E-state index contributed by atoms with van der Waals surface area (Å²) in [7, 11) is 0. The summed E-state index contributed by atoms with van der Waals surface area (Å²) < 4.78 is 0. The fourth-order valence-electron chi connectivity index (χ4n) is 2.39. The molecule has 1 unspecified atom stereocenters. The van der Waals surface area contributed by atoms with Crippen molar-refractivity contribution in [2.75, 3.05) is 6.54 Å². The van der Waals surface area contributed by atoms with Crippen molar-refractivity contribution >= 4 is 11.9 Å². The number of benzene rings is 1. The van der Waals surface area contributed by atoms with Gasteiger partial charge in [0.1, 0.15) is 0 Å². The minimum Gasteiger partial charge on any atom is -0.478 e. The number of hydrogen-bond donors (Lipinski definition) is 3. The molecule has 1 saturated heterocycles. The Morgan fingerprint density at radius 2 is 2.00 bits per heavy atom. The van der Waals surface area contributed by atoms with Crippen LogP contribution in [-0.2, 0) is 4.79 Å². The van der Waals surface area contributed by atoms with Crippen LogP contribution in [0.15, 0.2) is 24.3 Å². The van der Waals surface area contributed by atoms with Crippen LogP contribution >= 0.6 is 0 Å². The molecule has 0 aliphatic carbocycles. The second kappa shape index (κ2) is 6.52. The molecule has 5 nitrogen and oxygen atoms in total. The second-order valence-corrected chi connectivity index (χ2v) is 5.16. The first-order valence-corrected chi connectivity index (χ1v) is 6.95. The highest BCUT2D eigenvalue weighted by Crippen LogP contribution is 2.15. The third kappa shape index (κ3) is 3.57. The number of aromatic carboxylic acids is 1. The molecule has 1 aliphatic heterocycles. The first-order valence-electron chi connectivity index (χ1n) is 6.95. The molecule has 1 heterocycles. The smallest absolute Gasteiger partial charge is 0.335 e. The van der Waals surface area contributed by atoms with Crippen molar-refractivity contribution in [2.45, 2.75) is 38.3 Å². The van der Waals surface area contributed by atoms with E-state index in [1.54, 1.807) is 24.3 Å². The van der Waals surface area contributed by atoms with Gasteiger partial charge in [0.2, 0.25) is 5.91 Å². The lowest BCUT2D eigenvalue weighted by molar-refractivity contribution is -0.124. The molecule has 0 bridgehead atoms. The summed E-state index contributed by atoms with van der Waals surface area (Å²) in [6.45, 7) is 2.79. The third-order valence-electron chi connectivity index (χ3n) is 3.64. The molecule has 2 atom stereocenters. The Labute approximate surface area is 118 Å². The Balaban J connectivity index is 1.94. The molecule has 1 aromatic carbocycles. The van der Waals surface area contributed by atoms with E-state index in [0.717, 1.165) is 31.4 Å². The summed E-state index contributed by atoms with van der Waals surface area (Å²) >= 11 is 0. The molecule has 1 aliphatic rings. The number of hydrogen-bond acceptors (Lipinski definition) is 3. The van der Waals surface area contributed by atoms with Gasteiger partial charge in [-0.15, -0.1) is 0 Å². The van der Waals surface area contributed by atoms with E-state index in [1.807, 2.05) is 6.92 Å². The van der Waals surface area contributed by atoms with Gasteiger partial charge in [-0.3, -0.25) is 4.79 Å². The van der Waals surface area contributed by atoms with E-state index >= 15 is 0 Å². The Bertz CT molecular complexity index is 478. The van der Waals surface area contributed by atoms with Gasteiger partial charge in [0.25, 0.3) is 0 Å². The molecule has 0 spiro atoms. The quantitative estimate of drug-likeness (QED) is 0.782. The van der Waals surface area contributed by atoms with E-state index in [2.05, 4.69) is 10.6 Å². The Morgan fingerprint density at radius 1 is 1.30 bits per heavy atom. The summed E-state index contributed by atoms with van der Waals surface area (Å²) in [5, 5.41) is 15.0. The van der Waals surface area contributed by atoms with Gasteiger partial charge in [0.15, 0.2) is 0 Å². The molecule has 1 aromatic rings. The average Bonchev–Trinajstić information content (AvgIpc) is 2.48. The first kappa shape index (κ1) is 14.5. The summed E-state index contributed by atoms with van der Waals surface area (Å²) in [5.41, 5.74) is 1.15. The van der Waals surface area contributed by atoms with Crippen LogP contribution in [0.5, 0.6) is 0 Å². The predicted octanol–water partition coefficient (Wildman–Crippen LogP) is 1.70. The van der Waals surface area contributed by atoms with E-state index in [4.69, 9.17) is 5.11 Å². The molecule has 3 N–H and O–H groups in total. The van der Waals surface area contributed by atoms with Gasteiger partial charge in [0.05, 0.1) is 17.6 Å². The number of carbonyl (C=O) groups excluding carboxylic acids is 1. The van der Waals surface area contributed by atoms with E-state index in [1.165, 1.54) is 0 Å². The molecule has 0 radical (unpaired) electrons. The van der Waals surface area contributed by atoms with Crippen LogP contribution in [-0.4, -0.2) is 29.6 Å². The number of carbonyl (C=O) groups is 2. The van der Waals surface area contributed by atoms with Crippen LogP contribution in [0.3, 0.4) is 0 Å². The van der Waals surface area contributed by atoms with Crippen LogP contribution in [0.25, 0.3) is 0 Å². The molecule has 2 rings (SSSR count). The zero-order chi connectivity index (χ0) is 14.5. The predicted molar refractivity (Wildman–Crippen MR) is 75.6 cm³/mol. The molecular formula is C15H20N2O3. The summed E-state index contributed by atoms with van der Waals surface area (Å²) in [6, 6.07) is 6.35. The van der Waals surface area contributed by atoms with Crippen LogP contribution < -0.4 is 10.6 Å². The monoisotopic (exact) mass is 276 g/mol. The number of rotatable bonds is 4. The highest BCUT2D eigenvalue weighted by molar-refractivity contribution is 5.87. The Hall–Kier alpha value is -1.88. The van der Waals surface area contributed by atoms with Gasteiger partial charge in [0, 0.05) is 0 Å². The maximum Gasteiger partial charge on any atom is 0.335 e. The summed E-state index contributed by atoms with van der Waals surface area (Å²) in [6.07, 6.45) is 3.07. The highest BCUT2D eigenvalue weighted by atomic mass is 16.4. The van der Waals surface area contributed by atoms with Crippen molar-refractivity contribution in [1.29, 1.82) is 0 Å². The zero-order valence-electron chi connectivity index (χ0n) is 11.6. The van der Waals surface area contributed by atoms with Gasteiger partial charge in [-0.1, -0.05) is 18.6 Å². The maximum atomic E-state index is 12.1. The fourth-order valence-corrected chi connectivity index (χ4v) is 2.39. The molecule has 1 fully saturated rings. The lowest BCUT2D eigenvalue weighted by Crippen LogP contribution is -2.47. The second-order valence-electron chi connectivity index (χ2n) is 5.16. The standard InChI is InChI=1S/C15H20N2O3/c1-10(11-5-7-12(8-6-11)15(19)20)17-14(18)13-4-2-3-9-16-13/h5-8,10,13,16H,2-4,9H2,1H3,(H,17,18)(H,19,20)/t10?,13-/m1/s1. The maximum absolute atomic E-state index is 12.1. The van der Waals surface area contributed by atoms with Gasteiger partial charge in [-0.25, -0.2) is 4.79 Å². The topological polar surface area (TPSA) is 78.4 Å². The first-order chi connectivity index (χ1) is 9.58. The molecule has 0 aromatic heterocycles. The van der Waals surface area contributed by atoms with E-state index in [9.17, 15) is 9.59 Å². The summed E-state index contributed by atoms with van der Waals surface area (Å²) in [4.78, 5) is 22.9. The minimum atomic E-state index is -0.945. The zero-order valence-corrected chi connectivity index (χ0v) is 11.6. The van der Waals surface area contributed by atoms with Crippen LogP contribution in [0.2, 0.25) is 0 Å². The van der Waals surface area contributed by atoms with E-state index in [0.29, 0.717) is 0 Å². The lowest BCUT2D eigenvalue weighted by Gasteiger charge is -2.24. The Morgan fingerprint density at radius 3 is 2.55 bits per heavy atom. The van der Waals surface area contributed by atoms with Gasteiger partial charge in [-0.05, 0) is 44.0 Å². The Kier molecular flexibility index (Phi) is 4.74. The number of carboxylic acids is 1. The molecule has 108 valence electrons. The SMILES string of the molecule is CC(NC(=O)[C@H]1CCCCN1)c1ccc(C(=O)O)cc1. The van der Waals surface area contributed by atoms with Crippen molar-refractivity contribution in [2.24, 2.45) is 0 Å². The third-order valence-corrected chi connectivity index (χ3v) is 3.64. The number of amides is 1. The molecule has 20 heavy (non-hydrogen) atoms. The van der Waals surface area contributed by atoms with Crippen molar-refractivity contribution in [1.82, 2.24) is 10.6 Å². The molecule has 1 amide bonds. The number of nitrogens with one attached hydrogen (secondary N) is 2. The normalized spacial score (nSPS) is 20.1. The van der Waals surface area contributed by atoms with Crippen molar-refractivity contribution in [3.05, 3.63) is 35.4 Å². The number of piperidine rings is 1. The van der Waals surface area contributed by atoms with Crippen LogP contribution in [0, 0.1) is 0 Å². The van der Waals surface area contributed by atoms with E-state index < -0.39 is 5.97 Å². The minimum absolute atomic E-state index is 0.0134. The van der Waals surface area contributed by atoms with E-state index in [-0.39, 0.29) is 23.6 Å². The fraction of sp³-hybridized carbons (Fsp3) is 0.467. The molecular weight excluding hydrogens is 256 g/mol. The average molecular weight is 276 g/mol. The van der Waals surface area contributed by atoms with Gasteiger partial charge >= 0.3 is 5.97 Å². The lowest BCUT2D eigenvalue weighted by atomic mass is 10.0. The van der Waals surface area contributed by atoms with Crippen LogP contribution in [0.1, 0.15) is 48.1 Å². The largest absolute Gasteiger partial charge is 0.478 e. The van der Waals surface area contributed by atoms with Crippen molar-refractivity contribution < 1.29 is 14.7 Å². The molecule has 0 saturated carbocycles. The van der Waals surface area contributed by atoms with Gasteiger partial charge in [-0.2, -0.15) is 0 Å².